The van der Waals surface area contributed by atoms with Gasteiger partial charge in [-0.25, -0.2) is 0 Å². The van der Waals surface area contributed by atoms with E-state index >= 15 is 0 Å². The zero-order chi connectivity index (χ0) is 15.5. The van der Waals surface area contributed by atoms with Crippen LogP contribution in [0.1, 0.15) is 5.56 Å². The summed E-state index contributed by atoms with van der Waals surface area (Å²) in [6.45, 7) is 0. The number of thioether (sulfide) groups is 1. The molecule has 2 aromatic rings. The number of thiocarbonyl (C=S) groups is 1. The smallest absolute Gasteiger partial charge is 0.281 e. The van der Waals surface area contributed by atoms with Crippen LogP contribution in [0.2, 0.25) is 0 Å². The average molecular weight is 326 g/mol. The summed E-state index contributed by atoms with van der Waals surface area (Å²) in [5, 5.41) is 3.40. The van der Waals surface area contributed by atoms with Crippen molar-refractivity contribution in [1.82, 2.24) is 5.32 Å². The molecule has 22 heavy (non-hydrogen) atoms. The minimum Gasteiger partial charge on any atom is -0.327 e. The molecule has 0 aliphatic carbocycles. The Balaban J connectivity index is 1.88. The third kappa shape index (κ3) is 2.91. The number of carbonyl (C=O) groups excluding carboxylic acids is 1. The van der Waals surface area contributed by atoms with Crippen LogP contribution in [0.5, 0.6) is 0 Å². The number of carbonyl (C=O) groups is 1. The maximum absolute atomic E-state index is 12.5. The maximum atomic E-state index is 12.5. The first-order valence-electron chi connectivity index (χ1n) is 6.75. The summed E-state index contributed by atoms with van der Waals surface area (Å²) in [5.41, 5.74) is 2.23. The van der Waals surface area contributed by atoms with E-state index in [1.807, 2.05) is 66.9 Å². The molecule has 1 aliphatic rings. The van der Waals surface area contributed by atoms with E-state index in [9.17, 15) is 4.79 Å². The maximum Gasteiger partial charge on any atom is 0.281 e. The fourth-order valence-corrected chi connectivity index (χ4v) is 2.92. The number of hydrogen-bond donors (Lipinski definition) is 1. The number of benzene rings is 2. The Hall–Kier alpha value is -2.11. The van der Waals surface area contributed by atoms with Crippen LogP contribution in [-0.4, -0.2) is 17.3 Å². The SMILES string of the molecule is CSc1ccc(/C=C2/NC(=S)N(c3ccccc3)C2=O)cc1. The predicted octanol–water partition coefficient (Wildman–Crippen LogP) is 3.67. The normalized spacial score (nSPS) is 16.2. The van der Waals surface area contributed by atoms with Gasteiger partial charge in [0.25, 0.3) is 5.91 Å². The molecule has 0 bridgehead atoms. The van der Waals surface area contributed by atoms with Crippen LogP contribution < -0.4 is 10.2 Å². The van der Waals surface area contributed by atoms with Gasteiger partial charge >= 0.3 is 0 Å². The van der Waals surface area contributed by atoms with E-state index in [4.69, 9.17) is 12.2 Å². The lowest BCUT2D eigenvalue weighted by Crippen LogP contribution is -2.30. The summed E-state index contributed by atoms with van der Waals surface area (Å²) >= 11 is 6.97. The van der Waals surface area contributed by atoms with Crippen molar-refractivity contribution in [2.24, 2.45) is 0 Å². The molecule has 5 heteroatoms. The monoisotopic (exact) mass is 326 g/mol. The van der Waals surface area contributed by atoms with Gasteiger partial charge in [0.2, 0.25) is 0 Å². The molecule has 1 amide bonds. The lowest BCUT2D eigenvalue weighted by molar-refractivity contribution is -0.113. The van der Waals surface area contributed by atoms with Crippen molar-refractivity contribution in [2.45, 2.75) is 4.90 Å². The van der Waals surface area contributed by atoms with Gasteiger partial charge in [0, 0.05) is 4.90 Å². The van der Waals surface area contributed by atoms with E-state index in [-0.39, 0.29) is 5.91 Å². The summed E-state index contributed by atoms with van der Waals surface area (Å²) < 4.78 is 0. The Morgan fingerprint density at radius 1 is 1.09 bits per heavy atom. The molecular formula is C17H14N2OS2. The van der Waals surface area contributed by atoms with Crippen molar-refractivity contribution in [3.63, 3.8) is 0 Å². The quantitative estimate of drug-likeness (QED) is 0.530. The van der Waals surface area contributed by atoms with Crippen molar-refractivity contribution >= 4 is 46.8 Å². The van der Waals surface area contributed by atoms with E-state index in [1.165, 1.54) is 9.80 Å². The fourth-order valence-electron chi connectivity index (χ4n) is 2.21. The minimum absolute atomic E-state index is 0.134. The zero-order valence-electron chi connectivity index (χ0n) is 11.9. The standard InChI is InChI=1S/C17H14N2OS2/c1-22-14-9-7-12(8-10-14)11-15-16(20)19(17(21)18-15)13-5-3-2-4-6-13/h2-11H,1H3,(H,18,21)/b15-11+. The Labute approximate surface area is 139 Å². The summed E-state index contributed by atoms with van der Waals surface area (Å²) in [5.74, 6) is -0.134. The van der Waals surface area contributed by atoms with Crippen LogP contribution in [0.3, 0.4) is 0 Å². The van der Waals surface area contributed by atoms with Crippen LogP contribution in [0.25, 0.3) is 6.08 Å². The second-order valence-corrected chi connectivity index (χ2v) is 6.00. The van der Waals surface area contributed by atoms with E-state index in [0.717, 1.165) is 11.3 Å². The molecule has 1 saturated heterocycles. The molecule has 3 nitrogen and oxygen atoms in total. The van der Waals surface area contributed by atoms with Crippen molar-refractivity contribution < 1.29 is 4.79 Å². The Bertz CT molecular complexity index is 739. The average Bonchev–Trinajstić information content (AvgIpc) is 2.83. The topological polar surface area (TPSA) is 32.3 Å². The number of hydrogen-bond acceptors (Lipinski definition) is 3. The zero-order valence-corrected chi connectivity index (χ0v) is 13.6. The van der Waals surface area contributed by atoms with Crippen molar-refractivity contribution in [3.05, 3.63) is 65.9 Å². The summed E-state index contributed by atoms with van der Waals surface area (Å²) in [6, 6.07) is 17.4. The molecule has 1 aliphatic heterocycles. The second-order valence-electron chi connectivity index (χ2n) is 4.74. The molecule has 3 rings (SSSR count). The molecular weight excluding hydrogens is 312 g/mol. The molecule has 1 N–H and O–H groups in total. The minimum atomic E-state index is -0.134. The van der Waals surface area contributed by atoms with Crippen LogP contribution in [0, 0.1) is 0 Å². The lowest BCUT2D eigenvalue weighted by Gasteiger charge is -2.13. The highest BCUT2D eigenvalue weighted by Crippen LogP contribution is 2.22. The van der Waals surface area contributed by atoms with Gasteiger partial charge in [0.15, 0.2) is 5.11 Å². The first-order valence-corrected chi connectivity index (χ1v) is 8.38. The van der Waals surface area contributed by atoms with Crippen molar-refractivity contribution in [1.29, 1.82) is 0 Å². The number of nitrogens with one attached hydrogen (secondary N) is 1. The first-order chi connectivity index (χ1) is 10.7. The van der Waals surface area contributed by atoms with Crippen molar-refractivity contribution in [3.8, 4) is 0 Å². The fraction of sp³-hybridized carbons (Fsp3) is 0.0588. The Morgan fingerprint density at radius 2 is 1.77 bits per heavy atom. The van der Waals surface area contributed by atoms with Crippen LogP contribution in [0.4, 0.5) is 5.69 Å². The third-order valence-corrected chi connectivity index (χ3v) is 4.35. The van der Waals surface area contributed by atoms with Gasteiger partial charge in [-0.2, -0.15) is 0 Å². The van der Waals surface area contributed by atoms with Gasteiger partial charge in [0.1, 0.15) is 5.70 Å². The molecule has 0 spiro atoms. The van der Waals surface area contributed by atoms with E-state index in [0.29, 0.717) is 10.8 Å². The first kappa shape index (κ1) is 14.8. The van der Waals surface area contributed by atoms with Crippen molar-refractivity contribution in [2.75, 3.05) is 11.2 Å². The van der Waals surface area contributed by atoms with Gasteiger partial charge in [-0.15, -0.1) is 11.8 Å². The molecule has 1 heterocycles. The van der Waals surface area contributed by atoms with E-state index in [2.05, 4.69) is 5.32 Å². The number of rotatable bonds is 3. The second kappa shape index (κ2) is 6.34. The molecule has 1 fully saturated rings. The van der Waals surface area contributed by atoms with Gasteiger partial charge in [-0.1, -0.05) is 30.3 Å². The Morgan fingerprint density at radius 3 is 2.41 bits per heavy atom. The molecule has 110 valence electrons. The highest BCUT2D eigenvalue weighted by Gasteiger charge is 2.31. The molecule has 0 radical (unpaired) electrons. The highest BCUT2D eigenvalue weighted by molar-refractivity contribution is 7.98. The third-order valence-electron chi connectivity index (χ3n) is 3.32. The van der Waals surface area contributed by atoms with Crippen LogP contribution >= 0.6 is 24.0 Å². The number of anilines is 1. The van der Waals surface area contributed by atoms with Gasteiger partial charge < -0.3 is 5.32 Å². The number of para-hydroxylation sites is 1. The number of amides is 1. The molecule has 0 saturated carbocycles. The summed E-state index contributed by atoms with van der Waals surface area (Å²) in [7, 11) is 0. The lowest BCUT2D eigenvalue weighted by atomic mass is 10.2. The van der Waals surface area contributed by atoms with Crippen LogP contribution in [-0.2, 0) is 4.79 Å². The molecule has 0 aromatic heterocycles. The highest BCUT2D eigenvalue weighted by atomic mass is 32.2. The Kier molecular flexibility index (Phi) is 4.27. The van der Waals surface area contributed by atoms with E-state index < -0.39 is 0 Å². The summed E-state index contributed by atoms with van der Waals surface area (Å²) in [6.07, 6.45) is 3.85. The van der Waals surface area contributed by atoms with Gasteiger partial charge in [-0.3, -0.25) is 9.69 Å². The van der Waals surface area contributed by atoms with Crippen LogP contribution in [0.15, 0.2) is 65.2 Å². The van der Waals surface area contributed by atoms with Gasteiger partial charge in [0.05, 0.1) is 5.69 Å². The molecule has 2 aromatic carbocycles. The summed E-state index contributed by atoms with van der Waals surface area (Å²) in [4.78, 5) is 15.2. The predicted molar refractivity (Wildman–Crippen MR) is 95.9 cm³/mol. The number of nitrogens with zero attached hydrogens (tertiary/aromatic N) is 1. The largest absolute Gasteiger partial charge is 0.327 e. The molecule has 0 atom stereocenters. The van der Waals surface area contributed by atoms with E-state index in [1.54, 1.807) is 11.8 Å². The molecule has 0 unspecified atom stereocenters. The van der Waals surface area contributed by atoms with Gasteiger partial charge in [-0.05, 0) is 54.4 Å².